The first-order valence-electron chi connectivity index (χ1n) is 7.13. The summed E-state index contributed by atoms with van der Waals surface area (Å²) in [4.78, 5) is 21.7. The normalized spacial score (nSPS) is 11.4. The van der Waals surface area contributed by atoms with Gasteiger partial charge in [-0.2, -0.15) is 5.10 Å². The summed E-state index contributed by atoms with van der Waals surface area (Å²) >= 11 is 0. The second-order valence-electron chi connectivity index (χ2n) is 4.86. The topological polar surface area (TPSA) is 95.7 Å². The van der Waals surface area contributed by atoms with Gasteiger partial charge in [0.05, 0.1) is 0 Å². The molecule has 1 unspecified atom stereocenters. The highest BCUT2D eigenvalue weighted by molar-refractivity contribution is 5.75. The Morgan fingerprint density at radius 1 is 1.35 bits per heavy atom. The monoisotopic (exact) mass is 319 g/mol. The molecule has 2 N–H and O–H groups in total. The van der Waals surface area contributed by atoms with Crippen molar-refractivity contribution >= 4 is 12.4 Å². The minimum absolute atomic E-state index is 0.250. The van der Waals surface area contributed by atoms with Crippen molar-refractivity contribution in [3.05, 3.63) is 54.4 Å². The molecular formula is C16H21N3O4. The van der Waals surface area contributed by atoms with E-state index in [9.17, 15) is 9.90 Å². The average Bonchev–Trinajstić information content (AvgIpc) is 3.02. The number of carboxylic acids is 1. The number of benzene rings is 1. The van der Waals surface area contributed by atoms with Crippen LogP contribution in [-0.2, 0) is 16.1 Å². The molecule has 1 atom stereocenters. The summed E-state index contributed by atoms with van der Waals surface area (Å²) < 4.78 is 1.85. The summed E-state index contributed by atoms with van der Waals surface area (Å²) in [6.07, 6.45) is 4.51. The Bertz CT molecular complexity index is 572. The lowest BCUT2D eigenvalue weighted by molar-refractivity contribution is -0.143. The van der Waals surface area contributed by atoms with Gasteiger partial charge in [0.1, 0.15) is 6.04 Å². The first-order valence-corrected chi connectivity index (χ1v) is 7.13. The van der Waals surface area contributed by atoms with Crippen LogP contribution in [0.3, 0.4) is 0 Å². The lowest BCUT2D eigenvalue weighted by Crippen LogP contribution is -2.32. The number of carboxylic acid groups (broad SMARTS) is 2. The summed E-state index contributed by atoms with van der Waals surface area (Å²) in [6, 6.07) is 10.6. The molecule has 23 heavy (non-hydrogen) atoms. The molecular weight excluding hydrogens is 298 g/mol. The van der Waals surface area contributed by atoms with E-state index in [2.05, 4.69) is 5.10 Å². The van der Waals surface area contributed by atoms with Crippen LogP contribution in [0.15, 0.2) is 48.8 Å². The Hall–Kier alpha value is -2.67. The van der Waals surface area contributed by atoms with Crippen LogP contribution >= 0.6 is 0 Å². The van der Waals surface area contributed by atoms with Gasteiger partial charge in [-0.25, -0.2) is 0 Å². The Morgan fingerprint density at radius 3 is 2.52 bits per heavy atom. The molecule has 0 saturated heterocycles. The summed E-state index contributed by atoms with van der Waals surface area (Å²) in [6.45, 7) is 1.24. The third-order valence-electron chi connectivity index (χ3n) is 3.25. The van der Waals surface area contributed by atoms with Crippen molar-refractivity contribution in [1.29, 1.82) is 0 Å². The molecule has 7 nitrogen and oxygen atoms in total. The smallest absolute Gasteiger partial charge is 0.325 e. The zero-order valence-corrected chi connectivity index (χ0v) is 12.9. The second kappa shape index (κ2) is 10.1. The van der Waals surface area contributed by atoms with E-state index in [-0.39, 0.29) is 6.47 Å². The average molecular weight is 319 g/mol. The first-order chi connectivity index (χ1) is 11.1. The van der Waals surface area contributed by atoms with Crippen LogP contribution in [0.2, 0.25) is 0 Å². The number of rotatable bonds is 7. The van der Waals surface area contributed by atoms with E-state index in [1.165, 1.54) is 0 Å². The lowest BCUT2D eigenvalue weighted by Gasteiger charge is -2.24. The summed E-state index contributed by atoms with van der Waals surface area (Å²) in [7, 11) is 1.84. The van der Waals surface area contributed by atoms with Gasteiger partial charge < -0.3 is 10.2 Å². The SMILES string of the molecule is CN(CCCn1cccn1)C(C(=O)O)c1ccccc1.O=CO. The summed E-state index contributed by atoms with van der Waals surface area (Å²) in [5, 5.41) is 20.4. The molecule has 0 amide bonds. The first kappa shape index (κ1) is 18.4. The van der Waals surface area contributed by atoms with Gasteiger partial charge in [-0.15, -0.1) is 0 Å². The van der Waals surface area contributed by atoms with Gasteiger partial charge in [-0.1, -0.05) is 30.3 Å². The predicted molar refractivity (Wildman–Crippen MR) is 85.0 cm³/mol. The van der Waals surface area contributed by atoms with Crippen molar-refractivity contribution in [2.75, 3.05) is 13.6 Å². The minimum atomic E-state index is -0.821. The quantitative estimate of drug-likeness (QED) is 0.755. The van der Waals surface area contributed by atoms with Crippen molar-refractivity contribution in [3.63, 3.8) is 0 Å². The van der Waals surface area contributed by atoms with Crippen LogP contribution in [0, 0.1) is 0 Å². The lowest BCUT2D eigenvalue weighted by atomic mass is 10.1. The summed E-state index contributed by atoms with van der Waals surface area (Å²) in [5.74, 6) is -0.821. The fourth-order valence-corrected chi connectivity index (χ4v) is 2.26. The molecule has 1 heterocycles. The van der Waals surface area contributed by atoms with Gasteiger partial charge in [0, 0.05) is 25.5 Å². The molecule has 1 aromatic heterocycles. The molecule has 0 radical (unpaired) electrons. The highest BCUT2D eigenvalue weighted by atomic mass is 16.4. The maximum Gasteiger partial charge on any atom is 0.325 e. The van der Waals surface area contributed by atoms with Crippen molar-refractivity contribution in [2.45, 2.75) is 19.0 Å². The van der Waals surface area contributed by atoms with E-state index in [0.717, 1.165) is 18.5 Å². The zero-order chi connectivity index (χ0) is 17.1. The van der Waals surface area contributed by atoms with E-state index < -0.39 is 12.0 Å². The van der Waals surface area contributed by atoms with Crippen LogP contribution in [0.25, 0.3) is 0 Å². The van der Waals surface area contributed by atoms with E-state index in [4.69, 9.17) is 9.90 Å². The number of likely N-dealkylation sites (N-methyl/N-ethyl adjacent to an activating group) is 1. The third kappa shape index (κ3) is 6.31. The number of aryl methyl sites for hydroxylation is 1. The van der Waals surface area contributed by atoms with Crippen LogP contribution in [-0.4, -0.2) is 50.9 Å². The van der Waals surface area contributed by atoms with Gasteiger partial charge in [0.15, 0.2) is 0 Å². The molecule has 2 aromatic rings. The Labute approximate surface area is 134 Å². The van der Waals surface area contributed by atoms with Crippen LogP contribution in [0.4, 0.5) is 0 Å². The molecule has 2 rings (SSSR count). The van der Waals surface area contributed by atoms with Gasteiger partial charge >= 0.3 is 5.97 Å². The number of aromatic nitrogens is 2. The predicted octanol–water partition coefficient (Wildman–Crippen LogP) is 1.73. The number of hydrogen-bond acceptors (Lipinski definition) is 4. The van der Waals surface area contributed by atoms with Crippen LogP contribution in [0.1, 0.15) is 18.0 Å². The Kier molecular flexibility index (Phi) is 8.09. The molecule has 124 valence electrons. The second-order valence-corrected chi connectivity index (χ2v) is 4.86. The maximum absolute atomic E-state index is 11.5. The van der Waals surface area contributed by atoms with Gasteiger partial charge in [0.25, 0.3) is 6.47 Å². The number of hydrogen-bond donors (Lipinski definition) is 2. The maximum atomic E-state index is 11.5. The number of aliphatic carboxylic acids is 1. The molecule has 0 aliphatic rings. The Morgan fingerprint density at radius 2 is 2.00 bits per heavy atom. The van der Waals surface area contributed by atoms with Crippen molar-refractivity contribution < 1.29 is 19.8 Å². The van der Waals surface area contributed by atoms with E-state index >= 15 is 0 Å². The molecule has 0 fully saturated rings. The molecule has 0 spiro atoms. The standard InChI is InChI=1S/C15H19N3O2.CH2O2/c1-17(10-6-12-18-11-5-9-16-18)14(15(19)20)13-7-3-2-4-8-13;2-1-3/h2-5,7-9,11,14H,6,10,12H2,1H3,(H,19,20);1H,(H,2,3). The van der Waals surface area contributed by atoms with Crippen molar-refractivity contribution in [3.8, 4) is 0 Å². The number of carbonyl (C=O) groups is 2. The molecule has 0 aliphatic heterocycles. The largest absolute Gasteiger partial charge is 0.483 e. The molecule has 0 aliphatic carbocycles. The van der Waals surface area contributed by atoms with Crippen molar-refractivity contribution in [1.82, 2.24) is 14.7 Å². The van der Waals surface area contributed by atoms with Crippen LogP contribution < -0.4 is 0 Å². The fraction of sp³-hybridized carbons (Fsp3) is 0.312. The van der Waals surface area contributed by atoms with E-state index in [1.54, 1.807) is 6.20 Å². The Balaban J connectivity index is 0.000000816. The molecule has 0 bridgehead atoms. The molecule has 7 heteroatoms. The van der Waals surface area contributed by atoms with Crippen molar-refractivity contribution in [2.24, 2.45) is 0 Å². The van der Waals surface area contributed by atoms with Gasteiger partial charge in [-0.3, -0.25) is 19.2 Å². The third-order valence-corrected chi connectivity index (χ3v) is 3.25. The highest BCUT2D eigenvalue weighted by Crippen LogP contribution is 2.19. The summed E-state index contributed by atoms with van der Waals surface area (Å²) in [5.41, 5.74) is 0.807. The molecule has 1 aromatic carbocycles. The van der Waals surface area contributed by atoms with Crippen LogP contribution in [0.5, 0.6) is 0 Å². The number of nitrogens with zero attached hydrogens (tertiary/aromatic N) is 3. The van der Waals surface area contributed by atoms with E-state index in [0.29, 0.717) is 6.54 Å². The minimum Gasteiger partial charge on any atom is -0.483 e. The zero-order valence-electron chi connectivity index (χ0n) is 12.9. The van der Waals surface area contributed by atoms with Gasteiger partial charge in [-0.05, 0) is 25.1 Å². The molecule has 0 saturated carbocycles. The van der Waals surface area contributed by atoms with Gasteiger partial charge in [0.2, 0.25) is 0 Å². The fourth-order valence-electron chi connectivity index (χ4n) is 2.26. The van der Waals surface area contributed by atoms with E-state index in [1.807, 2.05) is 59.2 Å². The highest BCUT2D eigenvalue weighted by Gasteiger charge is 2.23.